The Morgan fingerprint density at radius 3 is 2.45 bits per heavy atom. The van der Waals surface area contributed by atoms with Crippen LogP contribution in [-0.2, 0) is 4.79 Å². The average molecular weight is 503 g/mol. The van der Waals surface area contributed by atoms with Crippen LogP contribution in [0.4, 0.5) is 0 Å². The second-order valence-corrected chi connectivity index (χ2v) is 8.56. The summed E-state index contributed by atoms with van der Waals surface area (Å²) in [5.74, 6) is 0.329. The van der Waals surface area contributed by atoms with Crippen molar-refractivity contribution in [2.45, 2.75) is 31.3 Å². The lowest BCUT2D eigenvalue weighted by atomic mass is 9.91. The van der Waals surface area contributed by atoms with E-state index >= 15 is 0 Å². The van der Waals surface area contributed by atoms with E-state index in [9.17, 15) is 9.90 Å². The van der Waals surface area contributed by atoms with Crippen LogP contribution in [-0.4, -0.2) is 42.8 Å². The fourth-order valence-electron chi connectivity index (χ4n) is 3.84. The molecule has 1 aliphatic rings. The quantitative estimate of drug-likeness (QED) is 0.540. The van der Waals surface area contributed by atoms with Crippen LogP contribution in [0.3, 0.4) is 0 Å². The number of likely N-dealkylation sites (tertiary alicyclic amines) is 1. The van der Waals surface area contributed by atoms with Gasteiger partial charge in [0, 0.05) is 4.47 Å². The highest BCUT2D eigenvalue weighted by atomic mass is 79.9. The minimum atomic E-state index is -0.827. The largest absolute Gasteiger partial charge is 0.493 e. The number of carboxylic acids is 1. The monoisotopic (exact) mass is 501 g/mol. The Balaban J connectivity index is 2.20. The highest BCUT2D eigenvalue weighted by molar-refractivity contribution is 9.10. The van der Waals surface area contributed by atoms with Crippen molar-refractivity contribution in [3.63, 3.8) is 0 Å². The van der Waals surface area contributed by atoms with Gasteiger partial charge in [-0.2, -0.15) is 0 Å². The van der Waals surface area contributed by atoms with Gasteiger partial charge in [-0.05, 0) is 54.8 Å². The van der Waals surface area contributed by atoms with Crippen LogP contribution in [0, 0.1) is 0 Å². The van der Waals surface area contributed by atoms with E-state index in [1.54, 1.807) is 26.4 Å². The van der Waals surface area contributed by atoms with Gasteiger partial charge >= 0.3 is 5.97 Å². The van der Waals surface area contributed by atoms with E-state index in [0.717, 1.165) is 28.4 Å². The van der Waals surface area contributed by atoms with Crippen LogP contribution >= 0.6 is 39.1 Å². The number of methoxy groups -OCH3 is 2. The maximum absolute atomic E-state index is 12.0. The number of rotatable bonds is 6. The SMILES string of the molecule is COc1cc(Br)c(C(c2ccc(Cl)c(Cl)c2)N2CCCCC2C(=O)O)cc1OC. The number of carboxylic acid groups (broad SMARTS) is 1. The zero-order valence-electron chi connectivity index (χ0n) is 16.1. The maximum atomic E-state index is 12.0. The van der Waals surface area contributed by atoms with Crippen molar-refractivity contribution in [2.24, 2.45) is 0 Å². The lowest BCUT2D eigenvalue weighted by molar-refractivity contribution is -0.145. The molecule has 8 heteroatoms. The molecule has 2 unspecified atom stereocenters. The molecule has 3 rings (SSSR count). The Kier molecular flexibility index (Phi) is 7.32. The Bertz CT molecular complexity index is 908. The molecule has 2 aromatic carbocycles. The second kappa shape index (κ2) is 9.56. The molecule has 1 heterocycles. The molecule has 0 bridgehead atoms. The van der Waals surface area contributed by atoms with E-state index in [1.807, 2.05) is 23.1 Å². The van der Waals surface area contributed by atoms with Crippen LogP contribution in [0.2, 0.25) is 10.0 Å². The van der Waals surface area contributed by atoms with Crippen LogP contribution in [0.1, 0.15) is 36.4 Å². The molecule has 0 amide bonds. The number of hydrogen-bond acceptors (Lipinski definition) is 4. The molecule has 0 saturated carbocycles. The first-order valence-corrected chi connectivity index (χ1v) is 10.8. The summed E-state index contributed by atoms with van der Waals surface area (Å²) in [5, 5.41) is 10.7. The minimum Gasteiger partial charge on any atom is -0.493 e. The highest BCUT2D eigenvalue weighted by Crippen LogP contribution is 2.43. The third-order valence-electron chi connectivity index (χ3n) is 5.22. The van der Waals surface area contributed by atoms with E-state index < -0.39 is 12.0 Å². The van der Waals surface area contributed by atoms with E-state index in [4.69, 9.17) is 32.7 Å². The molecular weight excluding hydrogens is 481 g/mol. The number of aliphatic carboxylic acids is 1. The molecule has 0 radical (unpaired) electrons. The van der Waals surface area contributed by atoms with Gasteiger partial charge in [0.15, 0.2) is 11.5 Å². The normalized spacial score (nSPS) is 18.3. The van der Waals surface area contributed by atoms with E-state index in [2.05, 4.69) is 15.9 Å². The molecule has 0 aliphatic carbocycles. The summed E-state index contributed by atoms with van der Waals surface area (Å²) in [6, 6.07) is 8.19. The summed E-state index contributed by atoms with van der Waals surface area (Å²) < 4.78 is 11.7. The summed E-state index contributed by atoms with van der Waals surface area (Å²) in [6.07, 6.45) is 2.40. The summed E-state index contributed by atoms with van der Waals surface area (Å²) in [7, 11) is 3.15. The van der Waals surface area contributed by atoms with Crippen molar-refractivity contribution in [1.82, 2.24) is 4.90 Å². The smallest absolute Gasteiger partial charge is 0.320 e. The molecule has 0 spiro atoms. The predicted molar refractivity (Wildman–Crippen MR) is 118 cm³/mol. The van der Waals surface area contributed by atoms with Gasteiger partial charge in [0.25, 0.3) is 0 Å². The number of nitrogens with zero attached hydrogens (tertiary/aromatic N) is 1. The molecule has 1 aliphatic heterocycles. The molecule has 29 heavy (non-hydrogen) atoms. The molecule has 156 valence electrons. The standard InChI is InChI=1S/C21H22BrCl2NO4/c1-28-18-10-13(14(22)11-19(18)29-2)20(12-6-7-15(23)16(24)9-12)25-8-4-3-5-17(25)21(26)27/h6-7,9-11,17,20H,3-5,8H2,1-2H3,(H,26,27). The van der Waals surface area contributed by atoms with Crippen LogP contribution in [0.5, 0.6) is 11.5 Å². The molecule has 0 aromatic heterocycles. The molecule has 1 N–H and O–H groups in total. The molecule has 2 atom stereocenters. The third kappa shape index (κ3) is 4.66. The topological polar surface area (TPSA) is 59.0 Å². The van der Waals surface area contributed by atoms with Crippen LogP contribution in [0.25, 0.3) is 0 Å². The Morgan fingerprint density at radius 1 is 1.14 bits per heavy atom. The fraction of sp³-hybridized carbons (Fsp3) is 0.381. The van der Waals surface area contributed by atoms with Crippen LogP contribution in [0.15, 0.2) is 34.8 Å². The van der Waals surface area contributed by atoms with Gasteiger partial charge in [-0.25, -0.2) is 0 Å². The number of carbonyl (C=O) groups is 1. The van der Waals surface area contributed by atoms with Gasteiger partial charge in [0.1, 0.15) is 6.04 Å². The lowest BCUT2D eigenvalue weighted by Crippen LogP contribution is -2.47. The molecule has 1 saturated heterocycles. The first kappa shape index (κ1) is 22.2. The minimum absolute atomic E-state index is 0.347. The Morgan fingerprint density at radius 2 is 1.83 bits per heavy atom. The van der Waals surface area contributed by atoms with Crippen LogP contribution < -0.4 is 9.47 Å². The average Bonchev–Trinajstić information content (AvgIpc) is 2.71. The van der Waals surface area contributed by atoms with Gasteiger partial charge in [0.05, 0.1) is 30.3 Å². The van der Waals surface area contributed by atoms with E-state index in [-0.39, 0.29) is 6.04 Å². The van der Waals surface area contributed by atoms with Crippen molar-refractivity contribution in [3.8, 4) is 11.5 Å². The fourth-order valence-corrected chi connectivity index (χ4v) is 4.69. The van der Waals surface area contributed by atoms with Crippen molar-refractivity contribution in [2.75, 3.05) is 20.8 Å². The summed E-state index contributed by atoms with van der Waals surface area (Å²) in [6.45, 7) is 0.655. The van der Waals surface area contributed by atoms with Crippen molar-refractivity contribution in [3.05, 3.63) is 56.0 Å². The second-order valence-electron chi connectivity index (χ2n) is 6.89. The van der Waals surface area contributed by atoms with E-state index in [1.165, 1.54) is 0 Å². The molecule has 2 aromatic rings. The van der Waals surface area contributed by atoms with Gasteiger partial charge in [-0.15, -0.1) is 0 Å². The van der Waals surface area contributed by atoms with Gasteiger partial charge < -0.3 is 14.6 Å². The number of hydrogen-bond donors (Lipinski definition) is 1. The predicted octanol–water partition coefficient (Wildman–Crippen LogP) is 5.80. The maximum Gasteiger partial charge on any atom is 0.320 e. The van der Waals surface area contributed by atoms with Crippen molar-refractivity contribution < 1.29 is 19.4 Å². The molecular formula is C21H22BrCl2NO4. The first-order valence-electron chi connectivity index (χ1n) is 9.22. The number of piperidine rings is 1. The number of halogens is 3. The summed E-state index contributed by atoms with van der Waals surface area (Å²) in [4.78, 5) is 14.0. The van der Waals surface area contributed by atoms with Gasteiger partial charge in [0.2, 0.25) is 0 Å². The van der Waals surface area contributed by atoms with Gasteiger partial charge in [-0.1, -0.05) is 51.6 Å². The zero-order valence-corrected chi connectivity index (χ0v) is 19.2. The molecule has 1 fully saturated rings. The van der Waals surface area contributed by atoms with Gasteiger partial charge in [-0.3, -0.25) is 9.69 Å². The summed E-state index contributed by atoms with van der Waals surface area (Å²) in [5.41, 5.74) is 1.73. The number of ether oxygens (including phenoxy) is 2. The van der Waals surface area contributed by atoms with Crippen molar-refractivity contribution >= 4 is 45.1 Å². The molecule has 5 nitrogen and oxygen atoms in total. The Hall–Kier alpha value is -1.47. The zero-order chi connectivity index (χ0) is 21.1. The Labute approximate surface area is 188 Å². The highest BCUT2D eigenvalue weighted by Gasteiger charge is 2.36. The van der Waals surface area contributed by atoms with Crippen molar-refractivity contribution in [1.29, 1.82) is 0 Å². The first-order chi connectivity index (χ1) is 13.9. The third-order valence-corrected chi connectivity index (χ3v) is 6.64. The summed E-state index contributed by atoms with van der Waals surface area (Å²) >= 11 is 16.1. The van der Waals surface area contributed by atoms with E-state index in [0.29, 0.717) is 34.5 Å². The lowest BCUT2D eigenvalue weighted by Gasteiger charge is -2.40. The number of benzene rings is 2.